The average molecular weight is 408 g/mol. The Hall–Kier alpha value is -3.16. The Balaban J connectivity index is 1.78. The summed E-state index contributed by atoms with van der Waals surface area (Å²) in [5.74, 6) is 1.27. The smallest absolute Gasteiger partial charge is 0.234 e. The van der Waals surface area contributed by atoms with Crippen molar-refractivity contribution in [2.45, 2.75) is 45.6 Å². The van der Waals surface area contributed by atoms with Crippen LogP contribution in [0.3, 0.4) is 0 Å². The van der Waals surface area contributed by atoms with Gasteiger partial charge in [0.1, 0.15) is 5.69 Å². The van der Waals surface area contributed by atoms with Crippen molar-refractivity contribution >= 4 is 41.0 Å². The summed E-state index contributed by atoms with van der Waals surface area (Å²) in [6.07, 6.45) is 7.54. The van der Waals surface area contributed by atoms with Crippen molar-refractivity contribution in [2.75, 3.05) is 34.4 Å². The van der Waals surface area contributed by atoms with Gasteiger partial charge < -0.3 is 26.3 Å². The van der Waals surface area contributed by atoms with Gasteiger partial charge in [0.25, 0.3) is 0 Å². The highest BCUT2D eigenvalue weighted by Crippen LogP contribution is 2.40. The predicted molar refractivity (Wildman–Crippen MR) is 121 cm³/mol. The number of hydrogen-bond acceptors (Lipinski definition) is 7. The SMILES string of the molecule is CN1C(=O)C(C)(C)CN(C2CCCC2)c2nc(Nc3cccc(N)c3C=N)ncc21. The Morgan fingerprint density at radius 2 is 2.03 bits per heavy atom. The van der Waals surface area contributed by atoms with E-state index in [1.807, 2.05) is 26.0 Å². The normalized spacial score (nSPS) is 18.8. The first-order chi connectivity index (χ1) is 14.3. The summed E-state index contributed by atoms with van der Waals surface area (Å²) in [6.45, 7) is 4.61. The molecule has 2 aliphatic rings. The number of fused-ring (bicyclic) bond motifs is 1. The molecule has 1 aliphatic heterocycles. The molecule has 4 rings (SSSR count). The van der Waals surface area contributed by atoms with Crippen LogP contribution in [0.15, 0.2) is 24.4 Å². The number of aromatic nitrogens is 2. The second-order valence-electron chi connectivity index (χ2n) is 8.79. The summed E-state index contributed by atoms with van der Waals surface area (Å²) in [7, 11) is 1.79. The number of carbonyl (C=O) groups is 1. The quantitative estimate of drug-likeness (QED) is 0.528. The fourth-order valence-electron chi connectivity index (χ4n) is 4.50. The molecule has 4 N–H and O–H groups in total. The minimum atomic E-state index is -0.521. The van der Waals surface area contributed by atoms with Crippen LogP contribution in [-0.2, 0) is 4.79 Å². The molecule has 1 fully saturated rings. The molecule has 0 unspecified atom stereocenters. The van der Waals surface area contributed by atoms with Crippen LogP contribution in [0.2, 0.25) is 0 Å². The van der Waals surface area contributed by atoms with Crippen LogP contribution in [0, 0.1) is 10.8 Å². The van der Waals surface area contributed by atoms with Crippen molar-refractivity contribution in [3.05, 3.63) is 30.0 Å². The molecule has 0 saturated heterocycles. The lowest BCUT2D eigenvalue weighted by Crippen LogP contribution is -2.45. The molecule has 2 aromatic rings. The molecular weight excluding hydrogens is 378 g/mol. The van der Waals surface area contributed by atoms with Crippen LogP contribution in [0.25, 0.3) is 0 Å². The minimum Gasteiger partial charge on any atom is -0.398 e. The molecule has 0 radical (unpaired) electrons. The minimum absolute atomic E-state index is 0.0653. The summed E-state index contributed by atoms with van der Waals surface area (Å²) < 4.78 is 0. The van der Waals surface area contributed by atoms with Gasteiger partial charge in [0, 0.05) is 37.1 Å². The molecule has 1 aromatic heterocycles. The number of rotatable bonds is 4. The summed E-state index contributed by atoms with van der Waals surface area (Å²) in [5.41, 5.74) is 7.99. The van der Waals surface area contributed by atoms with Crippen molar-refractivity contribution in [1.29, 1.82) is 5.41 Å². The first-order valence-corrected chi connectivity index (χ1v) is 10.4. The van der Waals surface area contributed by atoms with Gasteiger partial charge in [-0.15, -0.1) is 0 Å². The first-order valence-electron chi connectivity index (χ1n) is 10.4. The number of amides is 1. The molecule has 1 amide bonds. The van der Waals surface area contributed by atoms with Crippen molar-refractivity contribution < 1.29 is 4.79 Å². The number of anilines is 5. The summed E-state index contributed by atoms with van der Waals surface area (Å²) in [4.78, 5) is 26.4. The summed E-state index contributed by atoms with van der Waals surface area (Å²) in [5, 5.41) is 10.9. The van der Waals surface area contributed by atoms with E-state index in [4.69, 9.17) is 16.1 Å². The van der Waals surface area contributed by atoms with E-state index in [-0.39, 0.29) is 5.91 Å². The van der Waals surface area contributed by atoms with E-state index < -0.39 is 5.41 Å². The Kier molecular flexibility index (Phi) is 5.09. The maximum absolute atomic E-state index is 13.1. The van der Waals surface area contributed by atoms with E-state index in [1.165, 1.54) is 19.1 Å². The Bertz CT molecular complexity index is 981. The average Bonchev–Trinajstić information content (AvgIpc) is 3.23. The number of benzene rings is 1. The Morgan fingerprint density at radius 3 is 2.73 bits per heavy atom. The molecule has 158 valence electrons. The molecule has 0 atom stereocenters. The van der Waals surface area contributed by atoms with Crippen molar-refractivity contribution in [3.8, 4) is 0 Å². The van der Waals surface area contributed by atoms with E-state index >= 15 is 0 Å². The van der Waals surface area contributed by atoms with Crippen LogP contribution in [0.1, 0.15) is 45.1 Å². The van der Waals surface area contributed by atoms with Gasteiger partial charge in [-0.1, -0.05) is 18.9 Å². The molecule has 1 saturated carbocycles. The van der Waals surface area contributed by atoms with Gasteiger partial charge in [-0.25, -0.2) is 4.98 Å². The number of carbonyl (C=O) groups excluding carboxylic acids is 1. The third kappa shape index (κ3) is 3.46. The molecule has 1 aliphatic carbocycles. The van der Waals surface area contributed by atoms with Gasteiger partial charge in [0.2, 0.25) is 11.9 Å². The summed E-state index contributed by atoms with van der Waals surface area (Å²) >= 11 is 0. The van der Waals surface area contributed by atoms with E-state index in [0.29, 0.717) is 35.5 Å². The number of nitrogens with zero attached hydrogens (tertiary/aromatic N) is 4. The van der Waals surface area contributed by atoms with Crippen LogP contribution < -0.4 is 20.9 Å². The van der Waals surface area contributed by atoms with E-state index in [2.05, 4.69) is 15.2 Å². The zero-order chi connectivity index (χ0) is 21.5. The standard InChI is InChI=1S/C22H29N7O/c1-22(2)13-29(14-7-4-5-8-14)19-18(28(3)20(22)30)12-25-21(27-19)26-17-10-6-9-16(24)15(17)11-23/h6,9-12,14,23H,4-5,7-8,13,24H2,1-3H3,(H,25,26,27). The van der Waals surface area contributed by atoms with Crippen LogP contribution in [-0.4, -0.2) is 41.7 Å². The highest BCUT2D eigenvalue weighted by molar-refractivity contribution is 6.01. The number of nitrogens with one attached hydrogen (secondary N) is 2. The molecule has 1 aromatic carbocycles. The predicted octanol–water partition coefficient (Wildman–Crippen LogP) is 3.55. The fraction of sp³-hybridized carbons (Fsp3) is 0.455. The van der Waals surface area contributed by atoms with Gasteiger partial charge in [0.15, 0.2) is 5.82 Å². The molecule has 30 heavy (non-hydrogen) atoms. The maximum Gasteiger partial charge on any atom is 0.234 e. The monoisotopic (exact) mass is 407 g/mol. The maximum atomic E-state index is 13.1. The van der Waals surface area contributed by atoms with Crippen molar-refractivity contribution in [3.63, 3.8) is 0 Å². The zero-order valence-corrected chi connectivity index (χ0v) is 17.8. The highest BCUT2D eigenvalue weighted by Gasteiger charge is 2.41. The molecule has 8 heteroatoms. The topological polar surface area (TPSA) is 111 Å². The molecule has 2 heterocycles. The number of hydrogen-bond donors (Lipinski definition) is 3. The van der Waals surface area contributed by atoms with E-state index in [9.17, 15) is 4.79 Å². The Morgan fingerprint density at radius 1 is 1.30 bits per heavy atom. The third-order valence-electron chi connectivity index (χ3n) is 6.13. The fourth-order valence-corrected chi connectivity index (χ4v) is 4.50. The van der Waals surface area contributed by atoms with Gasteiger partial charge in [-0.2, -0.15) is 4.98 Å². The first kappa shape index (κ1) is 20.1. The van der Waals surface area contributed by atoms with E-state index in [0.717, 1.165) is 24.3 Å². The third-order valence-corrected chi connectivity index (χ3v) is 6.13. The highest BCUT2D eigenvalue weighted by atomic mass is 16.2. The zero-order valence-electron chi connectivity index (χ0n) is 17.8. The lowest BCUT2D eigenvalue weighted by atomic mass is 9.91. The van der Waals surface area contributed by atoms with Gasteiger partial charge in [-0.05, 0) is 38.8 Å². The van der Waals surface area contributed by atoms with Crippen LogP contribution >= 0.6 is 0 Å². The molecule has 0 bridgehead atoms. The van der Waals surface area contributed by atoms with Gasteiger partial charge in [-0.3, -0.25) is 4.79 Å². The largest absolute Gasteiger partial charge is 0.398 e. The summed E-state index contributed by atoms with van der Waals surface area (Å²) in [6, 6.07) is 5.80. The molecule has 8 nitrogen and oxygen atoms in total. The second kappa shape index (κ2) is 7.59. The number of nitrogen functional groups attached to an aromatic ring is 1. The lowest BCUT2D eigenvalue weighted by Gasteiger charge is -2.34. The van der Waals surface area contributed by atoms with E-state index in [1.54, 1.807) is 24.2 Å². The van der Waals surface area contributed by atoms with Gasteiger partial charge in [0.05, 0.1) is 17.3 Å². The lowest BCUT2D eigenvalue weighted by molar-refractivity contribution is -0.125. The van der Waals surface area contributed by atoms with Crippen LogP contribution in [0.4, 0.5) is 28.8 Å². The van der Waals surface area contributed by atoms with Crippen molar-refractivity contribution in [1.82, 2.24) is 9.97 Å². The van der Waals surface area contributed by atoms with Crippen LogP contribution in [0.5, 0.6) is 0 Å². The Labute approximate surface area is 177 Å². The van der Waals surface area contributed by atoms with Crippen molar-refractivity contribution in [2.24, 2.45) is 5.41 Å². The number of nitrogens with two attached hydrogens (primary N) is 1. The molecular formula is C22H29N7O. The second-order valence-corrected chi connectivity index (χ2v) is 8.79. The van der Waals surface area contributed by atoms with Gasteiger partial charge >= 0.3 is 0 Å². The molecule has 0 spiro atoms.